The average molecular weight is 165 g/mol. The van der Waals surface area contributed by atoms with Crippen molar-refractivity contribution in [1.82, 2.24) is 0 Å². The molecule has 0 saturated heterocycles. The molecule has 0 aromatic carbocycles. The molecule has 0 atom stereocenters. The first-order chi connectivity index (χ1) is 4.27. The van der Waals surface area contributed by atoms with E-state index in [0.29, 0.717) is 5.88 Å². The lowest BCUT2D eigenvalue weighted by Crippen LogP contribution is -1.86. The summed E-state index contributed by atoms with van der Waals surface area (Å²) in [6, 6.07) is 0. The Balaban J connectivity index is 2.99. The molecule has 0 aliphatic carbocycles. The first-order valence-corrected chi connectivity index (χ1v) is 4.68. The molecule has 9 heavy (non-hydrogen) atoms. The summed E-state index contributed by atoms with van der Waals surface area (Å²) >= 11 is 7.35. The minimum atomic E-state index is 0.638. The van der Waals surface area contributed by atoms with Crippen molar-refractivity contribution in [2.24, 2.45) is 0 Å². The molecule has 0 N–H and O–H groups in total. The van der Waals surface area contributed by atoms with Gasteiger partial charge in [0, 0.05) is 11.6 Å². The lowest BCUT2D eigenvalue weighted by atomic mass is 10.6. The summed E-state index contributed by atoms with van der Waals surface area (Å²) in [5.41, 5.74) is 0. The number of hydrogen-bond donors (Lipinski definition) is 0. The number of hydrogen-bond acceptors (Lipinski definition) is 1. The van der Waals surface area contributed by atoms with Gasteiger partial charge in [0.15, 0.2) is 0 Å². The van der Waals surface area contributed by atoms with Crippen LogP contribution in [-0.4, -0.2) is 16.9 Å². The van der Waals surface area contributed by atoms with E-state index in [0.717, 1.165) is 11.0 Å². The highest BCUT2D eigenvalue weighted by atomic mass is 35.5. The van der Waals surface area contributed by atoms with E-state index >= 15 is 0 Å². The van der Waals surface area contributed by atoms with E-state index in [-0.39, 0.29) is 0 Å². The van der Waals surface area contributed by atoms with Gasteiger partial charge in [-0.15, -0.1) is 11.6 Å². The van der Waals surface area contributed by atoms with Crippen molar-refractivity contribution < 1.29 is 0 Å². The van der Waals surface area contributed by atoms with Crippen molar-refractivity contribution in [2.45, 2.75) is 19.1 Å². The Hall–Kier alpha value is 0.380. The second-order valence-corrected chi connectivity index (χ2v) is 3.93. The van der Waals surface area contributed by atoms with Crippen LogP contribution < -0.4 is 0 Å². The molecule has 0 nitrogen and oxygen atoms in total. The fourth-order valence-electron chi connectivity index (χ4n) is 0.379. The molecule has 2 heteroatoms. The Morgan fingerprint density at radius 3 is 2.56 bits per heavy atom. The maximum Gasteiger partial charge on any atom is 0.0404 e. The largest absolute Gasteiger partial charge is 0.155 e. The fraction of sp³-hybridized carbons (Fsp3) is 0.714. The number of halogens is 1. The third-order valence-electron chi connectivity index (χ3n) is 0.782. The summed E-state index contributed by atoms with van der Waals surface area (Å²) in [7, 11) is 0. The molecule has 0 amide bonds. The molecular formula is C7H13ClS. The smallest absolute Gasteiger partial charge is 0.0404 e. The van der Waals surface area contributed by atoms with Crippen molar-refractivity contribution in [1.29, 1.82) is 0 Å². The Bertz CT molecular complexity index is 79.0. The highest BCUT2D eigenvalue weighted by Gasteiger charge is 1.88. The molecule has 0 aromatic heterocycles. The van der Waals surface area contributed by atoms with Crippen LogP contribution in [0.1, 0.15) is 13.8 Å². The molecule has 0 fully saturated rings. The van der Waals surface area contributed by atoms with Gasteiger partial charge in [0.25, 0.3) is 0 Å². The van der Waals surface area contributed by atoms with Crippen LogP contribution in [0.4, 0.5) is 0 Å². The van der Waals surface area contributed by atoms with Crippen molar-refractivity contribution in [3.8, 4) is 0 Å². The lowest BCUT2D eigenvalue weighted by Gasteiger charge is -1.98. The van der Waals surface area contributed by atoms with Crippen molar-refractivity contribution >= 4 is 23.4 Å². The minimum absolute atomic E-state index is 0.638. The topological polar surface area (TPSA) is 0 Å². The maximum atomic E-state index is 5.42. The van der Waals surface area contributed by atoms with Gasteiger partial charge in [-0.2, -0.15) is 11.8 Å². The Morgan fingerprint density at radius 2 is 2.11 bits per heavy atom. The third-order valence-corrected chi connectivity index (χ3v) is 2.01. The molecule has 0 spiro atoms. The second-order valence-electron chi connectivity index (χ2n) is 2.01. The normalized spacial score (nSPS) is 11.6. The maximum absolute atomic E-state index is 5.42. The number of rotatable bonds is 4. The van der Waals surface area contributed by atoms with Gasteiger partial charge in [-0.3, -0.25) is 0 Å². The highest BCUT2D eigenvalue weighted by molar-refractivity contribution is 7.99. The summed E-state index contributed by atoms with van der Waals surface area (Å²) in [6.07, 6.45) is 4.09. The van der Waals surface area contributed by atoms with Gasteiger partial charge in [-0.1, -0.05) is 26.0 Å². The summed E-state index contributed by atoms with van der Waals surface area (Å²) < 4.78 is 0. The van der Waals surface area contributed by atoms with Crippen LogP contribution in [0.3, 0.4) is 0 Å². The molecule has 0 saturated carbocycles. The van der Waals surface area contributed by atoms with Gasteiger partial charge in [-0.25, -0.2) is 0 Å². The van der Waals surface area contributed by atoms with E-state index in [1.807, 2.05) is 17.8 Å². The number of alkyl halides is 1. The van der Waals surface area contributed by atoms with Gasteiger partial charge in [0.05, 0.1) is 0 Å². The van der Waals surface area contributed by atoms with Crippen LogP contribution in [0.25, 0.3) is 0 Å². The fourth-order valence-corrected chi connectivity index (χ4v) is 1.14. The summed E-state index contributed by atoms with van der Waals surface area (Å²) in [6.45, 7) is 4.39. The van der Waals surface area contributed by atoms with Crippen LogP contribution >= 0.6 is 23.4 Å². The van der Waals surface area contributed by atoms with Crippen LogP contribution in [0.15, 0.2) is 12.2 Å². The van der Waals surface area contributed by atoms with E-state index in [4.69, 9.17) is 11.6 Å². The van der Waals surface area contributed by atoms with Gasteiger partial charge in [0.2, 0.25) is 0 Å². The van der Waals surface area contributed by atoms with Gasteiger partial charge < -0.3 is 0 Å². The summed E-state index contributed by atoms with van der Waals surface area (Å²) in [4.78, 5) is 0. The lowest BCUT2D eigenvalue weighted by molar-refractivity contribution is 1.11. The van der Waals surface area contributed by atoms with E-state index in [9.17, 15) is 0 Å². The van der Waals surface area contributed by atoms with Crippen LogP contribution in [0, 0.1) is 0 Å². The van der Waals surface area contributed by atoms with Gasteiger partial charge >= 0.3 is 0 Å². The van der Waals surface area contributed by atoms with Crippen LogP contribution in [0.5, 0.6) is 0 Å². The molecule has 0 bridgehead atoms. The average Bonchev–Trinajstić information content (AvgIpc) is 1.80. The van der Waals surface area contributed by atoms with Crippen molar-refractivity contribution in [2.75, 3.05) is 11.6 Å². The Labute approximate surface area is 66.7 Å². The zero-order valence-corrected chi connectivity index (χ0v) is 7.50. The molecule has 0 aliphatic heterocycles. The summed E-state index contributed by atoms with van der Waals surface area (Å²) in [5, 5.41) is 0.727. The van der Waals surface area contributed by atoms with E-state index in [2.05, 4.69) is 19.9 Å². The van der Waals surface area contributed by atoms with Gasteiger partial charge in [-0.05, 0) is 5.25 Å². The number of thioether (sulfide) groups is 1. The zero-order valence-electron chi connectivity index (χ0n) is 5.93. The highest BCUT2D eigenvalue weighted by Crippen LogP contribution is 2.08. The molecule has 0 heterocycles. The first kappa shape index (κ1) is 9.38. The monoisotopic (exact) mass is 164 g/mol. The molecule has 0 rings (SSSR count). The standard InChI is InChI=1S/C7H13ClS/c1-7(2)9-6-4-3-5-8/h3-4,7H,5-6H2,1-2H3. The molecule has 0 aromatic rings. The second kappa shape index (κ2) is 6.50. The van der Waals surface area contributed by atoms with E-state index in [1.165, 1.54) is 0 Å². The predicted molar refractivity (Wildman–Crippen MR) is 47.5 cm³/mol. The zero-order chi connectivity index (χ0) is 7.11. The quantitative estimate of drug-likeness (QED) is 0.455. The van der Waals surface area contributed by atoms with Gasteiger partial charge in [0.1, 0.15) is 0 Å². The van der Waals surface area contributed by atoms with Crippen LogP contribution in [0.2, 0.25) is 0 Å². The van der Waals surface area contributed by atoms with E-state index in [1.54, 1.807) is 0 Å². The van der Waals surface area contributed by atoms with Crippen molar-refractivity contribution in [3.63, 3.8) is 0 Å². The summed E-state index contributed by atoms with van der Waals surface area (Å²) in [5.74, 6) is 1.73. The molecule has 0 aliphatic rings. The molecule has 0 unspecified atom stereocenters. The molecule has 0 radical (unpaired) electrons. The number of allylic oxidation sites excluding steroid dienone is 1. The SMILES string of the molecule is CC(C)SCC=CCCl. The van der Waals surface area contributed by atoms with Crippen molar-refractivity contribution in [3.05, 3.63) is 12.2 Å². The first-order valence-electron chi connectivity index (χ1n) is 3.10. The van der Waals surface area contributed by atoms with Crippen LogP contribution in [-0.2, 0) is 0 Å². The third kappa shape index (κ3) is 8.38. The predicted octanol–water partition coefficient (Wildman–Crippen LogP) is 2.92. The molecule has 54 valence electrons. The minimum Gasteiger partial charge on any atom is -0.155 e. The Morgan fingerprint density at radius 1 is 1.44 bits per heavy atom. The molecular weight excluding hydrogens is 152 g/mol. The Kier molecular flexibility index (Phi) is 6.77. The van der Waals surface area contributed by atoms with E-state index < -0.39 is 0 Å².